The number of nitrogens with one attached hydrogen (secondary N) is 2. The Labute approximate surface area is 186 Å². The third-order valence-electron chi connectivity index (χ3n) is 4.45. The molecule has 4 nitrogen and oxygen atoms in total. The summed E-state index contributed by atoms with van der Waals surface area (Å²) in [6.07, 6.45) is 2.35. The molecular formula is C19H31BrIN3OS. The zero-order chi connectivity index (χ0) is 18.5. The van der Waals surface area contributed by atoms with Gasteiger partial charge in [0, 0.05) is 44.3 Å². The molecule has 0 spiro atoms. The second-order valence-corrected chi connectivity index (χ2v) is 10.7. The molecule has 1 aromatic carbocycles. The van der Waals surface area contributed by atoms with Gasteiger partial charge in [0.2, 0.25) is 0 Å². The van der Waals surface area contributed by atoms with Gasteiger partial charge in [-0.1, -0.05) is 34.1 Å². The number of nitrogens with zero attached hydrogens (tertiary/aromatic N) is 1. The summed E-state index contributed by atoms with van der Waals surface area (Å²) >= 11 is 3.67. The Kier molecular flexibility index (Phi) is 9.56. The lowest BCUT2D eigenvalue weighted by Crippen LogP contribution is -2.40. The van der Waals surface area contributed by atoms with E-state index in [0.717, 1.165) is 19.0 Å². The highest BCUT2D eigenvalue weighted by atomic mass is 127. The van der Waals surface area contributed by atoms with Gasteiger partial charge >= 0.3 is 0 Å². The van der Waals surface area contributed by atoms with Gasteiger partial charge in [-0.3, -0.25) is 9.20 Å². The van der Waals surface area contributed by atoms with Crippen LogP contribution in [0.15, 0.2) is 33.7 Å². The van der Waals surface area contributed by atoms with Crippen LogP contribution in [0.5, 0.6) is 0 Å². The largest absolute Gasteiger partial charge is 0.357 e. The third kappa shape index (κ3) is 6.78. The van der Waals surface area contributed by atoms with Gasteiger partial charge in [0.25, 0.3) is 0 Å². The molecule has 2 rings (SSSR count). The Hall–Kier alpha value is -0.150. The van der Waals surface area contributed by atoms with E-state index < -0.39 is 10.8 Å². The first-order valence-electron chi connectivity index (χ1n) is 8.94. The van der Waals surface area contributed by atoms with Crippen molar-refractivity contribution in [2.75, 3.05) is 25.4 Å². The molecule has 1 unspecified atom stereocenters. The van der Waals surface area contributed by atoms with Crippen molar-refractivity contribution in [3.63, 3.8) is 0 Å². The summed E-state index contributed by atoms with van der Waals surface area (Å²) in [5, 5.41) is 6.61. The molecule has 26 heavy (non-hydrogen) atoms. The number of hydrogen-bond acceptors (Lipinski definition) is 2. The lowest BCUT2D eigenvalue weighted by molar-refractivity contribution is 0.646. The van der Waals surface area contributed by atoms with Crippen LogP contribution >= 0.6 is 39.9 Å². The van der Waals surface area contributed by atoms with Crippen molar-refractivity contribution < 1.29 is 4.21 Å². The third-order valence-corrected chi connectivity index (χ3v) is 7.08. The van der Waals surface area contributed by atoms with E-state index in [2.05, 4.69) is 51.7 Å². The molecule has 1 aliphatic carbocycles. The summed E-state index contributed by atoms with van der Waals surface area (Å²) in [4.78, 5) is 4.80. The fraction of sp³-hybridized carbons (Fsp3) is 0.632. The minimum Gasteiger partial charge on any atom is -0.357 e. The summed E-state index contributed by atoms with van der Waals surface area (Å²) in [6, 6.07) is 8.44. The molecule has 0 bridgehead atoms. The van der Waals surface area contributed by atoms with Crippen molar-refractivity contribution >= 4 is 56.7 Å². The SMILES string of the molecule is CCNC(=NCC1(c2ccccc2Br)CC1)NCCS(=O)C(C)(C)C.I. The highest BCUT2D eigenvalue weighted by Crippen LogP contribution is 2.50. The van der Waals surface area contributed by atoms with E-state index in [1.807, 2.05) is 26.8 Å². The first-order valence-corrected chi connectivity index (χ1v) is 11.1. The van der Waals surface area contributed by atoms with Crippen LogP contribution in [0, 0.1) is 0 Å². The number of rotatable bonds is 7. The average Bonchev–Trinajstić information content (AvgIpc) is 3.33. The fourth-order valence-corrected chi connectivity index (χ4v) is 4.30. The van der Waals surface area contributed by atoms with Crippen molar-refractivity contribution in [2.45, 2.75) is 50.7 Å². The number of benzene rings is 1. The van der Waals surface area contributed by atoms with Crippen LogP contribution in [0.25, 0.3) is 0 Å². The average molecular weight is 556 g/mol. The Bertz CT molecular complexity index is 642. The second-order valence-electron chi connectivity index (χ2n) is 7.54. The first kappa shape index (κ1) is 23.9. The summed E-state index contributed by atoms with van der Waals surface area (Å²) < 4.78 is 13.2. The molecule has 0 radical (unpaired) electrons. The van der Waals surface area contributed by atoms with Crippen molar-refractivity contribution in [1.29, 1.82) is 0 Å². The van der Waals surface area contributed by atoms with Gasteiger partial charge in [-0.15, -0.1) is 24.0 Å². The van der Waals surface area contributed by atoms with Crippen LogP contribution in [-0.4, -0.2) is 40.3 Å². The van der Waals surface area contributed by atoms with Gasteiger partial charge in [-0.25, -0.2) is 0 Å². The van der Waals surface area contributed by atoms with E-state index >= 15 is 0 Å². The molecule has 2 N–H and O–H groups in total. The molecule has 1 atom stereocenters. The molecule has 0 aromatic heterocycles. The Morgan fingerprint density at radius 2 is 1.92 bits per heavy atom. The molecule has 148 valence electrons. The summed E-state index contributed by atoms with van der Waals surface area (Å²) in [6.45, 7) is 10.3. The van der Waals surface area contributed by atoms with Gasteiger partial charge in [0.05, 0.1) is 6.54 Å². The predicted molar refractivity (Wildman–Crippen MR) is 127 cm³/mol. The van der Waals surface area contributed by atoms with Crippen LogP contribution in [-0.2, 0) is 16.2 Å². The fourth-order valence-electron chi connectivity index (χ4n) is 2.70. The van der Waals surface area contributed by atoms with Crippen molar-refractivity contribution in [2.24, 2.45) is 4.99 Å². The van der Waals surface area contributed by atoms with Crippen molar-refractivity contribution in [3.05, 3.63) is 34.3 Å². The van der Waals surface area contributed by atoms with Gasteiger partial charge in [-0.2, -0.15) is 0 Å². The maximum atomic E-state index is 12.2. The van der Waals surface area contributed by atoms with Crippen molar-refractivity contribution in [1.82, 2.24) is 10.6 Å². The highest BCUT2D eigenvalue weighted by Gasteiger charge is 2.45. The zero-order valence-corrected chi connectivity index (χ0v) is 20.8. The quantitative estimate of drug-likeness (QED) is 0.301. The number of aliphatic imine (C=N–C) groups is 1. The first-order chi connectivity index (χ1) is 11.8. The highest BCUT2D eigenvalue weighted by molar-refractivity contribution is 14.0. The van der Waals surface area contributed by atoms with E-state index in [0.29, 0.717) is 12.3 Å². The number of hydrogen-bond donors (Lipinski definition) is 2. The molecule has 1 fully saturated rings. The van der Waals surface area contributed by atoms with E-state index in [1.54, 1.807) is 0 Å². The van der Waals surface area contributed by atoms with E-state index in [-0.39, 0.29) is 34.1 Å². The summed E-state index contributed by atoms with van der Waals surface area (Å²) in [5.74, 6) is 1.44. The summed E-state index contributed by atoms with van der Waals surface area (Å²) in [5.41, 5.74) is 1.51. The maximum Gasteiger partial charge on any atom is 0.191 e. The van der Waals surface area contributed by atoms with Crippen LogP contribution in [0.1, 0.15) is 46.1 Å². The number of guanidine groups is 1. The molecule has 0 amide bonds. The van der Waals surface area contributed by atoms with Crippen LogP contribution in [0.2, 0.25) is 0 Å². The van der Waals surface area contributed by atoms with Crippen molar-refractivity contribution in [3.8, 4) is 0 Å². The van der Waals surface area contributed by atoms with Gasteiger partial charge in [-0.05, 0) is 52.2 Å². The normalized spacial score (nSPS) is 17.2. The maximum absolute atomic E-state index is 12.2. The number of halogens is 2. The molecule has 0 saturated heterocycles. The van der Waals surface area contributed by atoms with E-state index in [9.17, 15) is 4.21 Å². The lowest BCUT2D eigenvalue weighted by Gasteiger charge is -2.19. The molecular weight excluding hydrogens is 525 g/mol. The van der Waals surface area contributed by atoms with Gasteiger partial charge in [0.15, 0.2) is 5.96 Å². The van der Waals surface area contributed by atoms with Gasteiger partial charge in [0.1, 0.15) is 0 Å². The molecule has 7 heteroatoms. The Balaban J connectivity index is 0.00000338. The Morgan fingerprint density at radius 1 is 1.27 bits per heavy atom. The monoisotopic (exact) mass is 555 g/mol. The predicted octanol–water partition coefficient (Wildman–Crippen LogP) is 4.20. The van der Waals surface area contributed by atoms with Crippen LogP contribution < -0.4 is 10.6 Å². The van der Waals surface area contributed by atoms with E-state index in [4.69, 9.17) is 4.99 Å². The van der Waals surface area contributed by atoms with Crippen LogP contribution in [0.4, 0.5) is 0 Å². The summed E-state index contributed by atoms with van der Waals surface area (Å²) in [7, 11) is -0.851. The zero-order valence-electron chi connectivity index (χ0n) is 16.1. The van der Waals surface area contributed by atoms with Crippen LogP contribution in [0.3, 0.4) is 0 Å². The molecule has 0 aliphatic heterocycles. The molecule has 1 aromatic rings. The smallest absolute Gasteiger partial charge is 0.191 e. The molecule has 1 saturated carbocycles. The topological polar surface area (TPSA) is 53.5 Å². The standard InChI is InChI=1S/C19H30BrN3OS.HI/c1-5-21-17(22-12-13-25(24)18(2,3)4)23-14-19(10-11-19)15-8-6-7-9-16(15)20;/h6-9H,5,10-14H2,1-4H3,(H2,21,22,23);1H. The Morgan fingerprint density at radius 3 is 2.46 bits per heavy atom. The minimum absolute atomic E-state index is 0. The lowest BCUT2D eigenvalue weighted by atomic mass is 9.96. The molecule has 0 heterocycles. The minimum atomic E-state index is -0.851. The molecule has 1 aliphatic rings. The van der Waals surface area contributed by atoms with E-state index in [1.165, 1.54) is 22.9 Å². The van der Waals surface area contributed by atoms with Gasteiger partial charge < -0.3 is 10.6 Å². The second kappa shape index (κ2) is 10.4.